The number of nitrogens with one attached hydrogen (secondary N) is 2. The molecule has 0 unspecified atom stereocenters. The van der Waals surface area contributed by atoms with Crippen LogP contribution < -0.4 is 5.32 Å². The lowest BCUT2D eigenvalue weighted by atomic mass is 10.1. The molecule has 0 amide bonds. The number of aromatic nitrogens is 5. The lowest BCUT2D eigenvalue weighted by Gasteiger charge is -2.13. The summed E-state index contributed by atoms with van der Waals surface area (Å²) in [7, 11) is 0. The van der Waals surface area contributed by atoms with Crippen LogP contribution in [-0.4, -0.2) is 24.7 Å². The Balaban J connectivity index is 1.59. The zero-order valence-electron chi connectivity index (χ0n) is 19.0. The molecule has 0 saturated carbocycles. The van der Waals surface area contributed by atoms with Gasteiger partial charge in [-0.05, 0) is 37.1 Å². The van der Waals surface area contributed by atoms with E-state index in [4.69, 9.17) is 0 Å². The second-order valence-electron chi connectivity index (χ2n) is 7.60. The van der Waals surface area contributed by atoms with Crippen LogP contribution in [0.2, 0.25) is 0 Å². The molecule has 0 radical (unpaired) electrons. The Labute approximate surface area is 198 Å². The third-order valence-corrected chi connectivity index (χ3v) is 6.10. The number of para-hydroxylation sites is 2. The van der Waals surface area contributed by atoms with Gasteiger partial charge in [0.15, 0.2) is 11.0 Å². The van der Waals surface area contributed by atoms with Gasteiger partial charge in [0, 0.05) is 23.2 Å². The maximum absolute atomic E-state index is 4.67. The number of aromatic amines is 1. The molecule has 0 aliphatic rings. The molecule has 0 saturated heterocycles. The molecular weight excluding hydrogens is 428 g/mol. The summed E-state index contributed by atoms with van der Waals surface area (Å²) in [5.41, 5.74) is 5.15. The van der Waals surface area contributed by atoms with Crippen LogP contribution in [0.3, 0.4) is 0 Å². The van der Waals surface area contributed by atoms with E-state index in [1.165, 1.54) is 0 Å². The van der Waals surface area contributed by atoms with Crippen molar-refractivity contribution in [1.29, 1.82) is 0 Å². The first-order valence-electron chi connectivity index (χ1n) is 11.0. The fraction of sp³-hybridized carbons (Fsp3) is 0.192. The van der Waals surface area contributed by atoms with E-state index in [1.807, 2.05) is 54.7 Å². The van der Waals surface area contributed by atoms with E-state index in [0.29, 0.717) is 11.7 Å². The maximum Gasteiger partial charge on any atom is 0.204 e. The van der Waals surface area contributed by atoms with Crippen LogP contribution >= 0.6 is 11.8 Å². The molecule has 6 nitrogen and oxygen atoms in total. The molecule has 4 aromatic rings. The van der Waals surface area contributed by atoms with E-state index in [1.54, 1.807) is 11.8 Å². The monoisotopic (exact) mass is 456 g/mol. The van der Waals surface area contributed by atoms with Crippen molar-refractivity contribution in [3.63, 3.8) is 0 Å². The summed E-state index contributed by atoms with van der Waals surface area (Å²) < 4.78 is 2.12. The molecule has 0 fully saturated rings. The Morgan fingerprint density at radius 1 is 1.12 bits per heavy atom. The van der Waals surface area contributed by atoms with Gasteiger partial charge in [-0.3, -0.25) is 4.57 Å². The van der Waals surface area contributed by atoms with Crippen LogP contribution in [0.4, 0.5) is 11.6 Å². The highest BCUT2D eigenvalue weighted by atomic mass is 32.2. The fourth-order valence-corrected chi connectivity index (χ4v) is 4.28. The van der Waals surface area contributed by atoms with Crippen molar-refractivity contribution in [2.75, 3.05) is 5.32 Å². The first kappa shape index (κ1) is 22.6. The zero-order valence-corrected chi connectivity index (χ0v) is 19.8. The molecule has 4 rings (SSSR count). The number of rotatable bonds is 10. The van der Waals surface area contributed by atoms with Crippen molar-refractivity contribution < 1.29 is 0 Å². The predicted octanol–water partition coefficient (Wildman–Crippen LogP) is 6.70. The second kappa shape index (κ2) is 10.8. The Kier molecular flexibility index (Phi) is 7.42. The number of hydrogen-bond donors (Lipinski definition) is 2. The van der Waals surface area contributed by atoms with Gasteiger partial charge in [0.2, 0.25) is 5.95 Å². The van der Waals surface area contributed by atoms with Crippen molar-refractivity contribution in [2.24, 2.45) is 0 Å². The number of thioether (sulfide) groups is 1. The molecule has 2 heterocycles. The van der Waals surface area contributed by atoms with E-state index in [2.05, 4.69) is 68.7 Å². The molecule has 7 heteroatoms. The molecule has 0 bridgehead atoms. The molecular formula is C26H28N6S. The van der Waals surface area contributed by atoms with Crippen LogP contribution in [0.15, 0.2) is 84.7 Å². The molecule has 2 aromatic heterocycles. The van der Waals surface area contributed by atoms with E-state index >= 15 is 0 Å². The average Bonchev–Trinajstić information content (AvgIpc) is 3.46. The van der Waals surface area contributed by atoms with Crippen LogP contribution in [-0.2, 0) is 5.75 Å². The van der Waals surface area contributed by atoms with Gasteiger partial charge in [-0.15, -0.1) is 10.2 Å². The lowest BCUT2D eigenvalue weighted by Crippen LogP contribution is -2.04. The molecule has 2 aromatic carbocycles. The Hall–Kier alpha value is -3.58. The number of anilines is 2. The number of hydrogen-bond acceptors (Lipinski definition) is 5. The molecule has 0 aliphatic carbocycles. The number of unbranched alkanes of at least 4 members (excludes halogenated alkanes) is 1. The number of benzene rings is 2. The molecule has 2 N–H and O–H groups in total. The minimum absolute atomic E-state index is 0.666. The van der Waals surface area contributed by atoms with Crippen LogP contribution in [0.25, 0.3) is 11.3 Å². The summed E-state index contributed by atoms with van der Waals surface area (Å²) in [5.74, 6) is 2.19. The number of nitrogens with zero attached hydrogens (tertiary/aromatic N) is 4. The zero-order chi connectivity index (χ0) is 23.0. The number of H-pyrrole nitrogens is 1. The first-order chi connectivity index (χ1) is 16.2. The average molecular weight is 457 g/mol. The maximum atomic E-state index is 4.67. The molecule has 168 valence electrons. The fourth-order valence-electron chi connectivity index (χ4n) is 3.44. The summed E-state index contributed by atoms with van der Waals surface area (Å²) in [6.45, 7) is 8.28. The topological polar surface area (TPSA) is 71.4 Å². The molecule has 0 atom stereocenters. The summed E-state index contributed by atoms with van der Waals surface area (Å²) in [6, 6.07) is 18.3. The number of aryl methyl sites for hydroxylation is 1. The first-order valence-corrected chi connectivity index (χ1v) is 12.0. The smallest absolute Gasteiger partial charge is 0.204 e. The van der Waals surface area contributed by atoms with Crippen molar-refractivity contribution in [1.82, 2.24) is 24.7 Å². The van der Waals surface area contributed by atoms with Gasteiger partial charge in [0.1, 0.15) is 0 Å². The highest BCUT2D eigenvalue weighted by Gasteiger charge is 2.18. The van der Waals surface area contributed by atoms with Crippen LogP contribution in [0.1, 0.15) is 36.8 Å². The van der Waals surface area contributed by atoms with Crippen molar-refractivity contribution >= 4 is 29.0 Å². The molecule has 33 heavy (non-hydrogen) atoms. The van der Waals surface area contributed by atoms with Gasteiger partial charge in [0.05, 0.1) is 11.4 Å². The van der Waals surface area contributed by atoms with Gasteiger partial charge in [-0.1, -0.05) is 80.2 Å². The molecule has 0 spiro atoms. The van der Waals surface area contributed by atoms with E-state index < -0.39 is 0 Å². The predicted molar refractivity (Wildman–Crippen MR) is 137 cm³/mol. The van der Waals surface area contributed by atoms with Gasteiger partial charge in [-0.25, -0.2) is 4.98 Å². The second-order valence-corrected chi connectivity index (χ2v) is 8.54. The van der Waals surface area contributed by atoms with Gasteiger partial charge >= 0.3 is 0 Å². The summed E-state index contributed by atoms with van der Waals surface area (Å²) in [5, 5.41) is 13.2. The third-order valence-electron chi connectivity index (χ3n) is 5.14. The number of allylic oxidation sites excluding steroid dienone is 3. The summed E-state index contributed by atoms with van der Waals surface area (Å²) in [6.07, 6.45) is 7.99. The van der Waals surface area contributed by atoms with Crippen LogP contribution in [0.5, 0.6) is 0 Å². The minimum Gasteiger partial charge on any atom is -0.331 e. The van der Waals surface area contributed by atoms with Gasteiger partial charge in [-0.2, -0.15) is 0 Å². The quantitative estimate of drug-likeness (QED) is 0.205. The largest absolute Gasteiger partial charge is 0.331 e. The van der Waals surface area contributed by atoms with Gasteiger partial charge in [0.25, 0.3) is 0 Å². The summed E-state index contributed by atoms with van der Waals surface area (Å²) >= 11 is 1.61. The Morgan fingerprint density at radius 3 is 2.67 bits per heavy atom. The molecule has 0 aliphatic heterocycles. The summed E-state index contributed by atoms with van der Waals surface area (Å²) in [4.78, 5) is 7.87. The Morgan fingerprint density at radius 2 is 1.91 bits per heavy atom. The Bertz CT molecular complexity index is 1240. The third kappa shape index (κ3) is 5.43. The highest BCUT2D eigenvalue weighted by molar-refractivity contribution is 7.98. The van der Waals surface area contributed by atoms with Crippen molar-refractivity contribution in [2.45, 2.75) is 37.6 Å². The van der Waals surface area contributed by atoms with E-state index in [0.717, 1.165) is 52.0 Å². The number of imidazole rings is 1. The normalized spacial score (nSPS) is 11.5. The lowest BCUT2D eigenvalue weighted by molar-refractivity contribution is 0.871. The van der Waals surface area contributed by atoms with Crippen molar-refractivity contribution in [3.05, 3.63) is 96.6 Å². The van der Waals surface area contributed by atoms with Crippen molar-refractivity contribution in [3.8, 4) is 5.69 Å². The standard InChI is InChI=1S/C26H28N6S/c1-4-6-13-20(5-2)24-30-31-26(32(24)23-16-11-10-12-19(23)3)33-18-22-17-27-25(29-22)28-21-14-8-7-9-15-21/h5,7-17H,2,4,6,18H2,1,3H3,(H2,27,28,29)/b20-13+. The SMILES string of the molecule is C=C/C(=C\CCC)c1nnc(SCc2c[nH]c(Nc3ccccc3)n2)n1-c1ccccc1C. The van der Waals surface area contributed by atoms with Gasteiger partial charge < -0.3 is 10.3 Å². The van der Waals surface area contributed by atoms with Crippen LogP contribution in [0, 0.1) is 6.92 Å². The minimum atomic E-state index is 0.666. The van der Waals surface area contributed by atoms with E-state index in [9.17, 15) is 0 Å². The van der Waals surface area contributed by atoms with E-state index in [-0.39, 0.29) is 0 Å². The highest BCUT2D eigenvalue weighted by Crippen LogP contribution is 2.30.